The Bertz CT molecular complexity index is 573. The van der Waals surface area contributed by atoms with E-state index < -0.39 is 0 Å². The molecule has 1 aromatic rings. The fourth-order valence-corrected chi connectivity index (χ4v) is 3.19. The van der Waals surface area contributed by atoms with Crippen LogP contribution in [-0.4, -0.2) is 0 Å². The van der Waals surface area contributed by atoms with E-state index in [1.165, 1.54) is 35.3 Å². The van der Waals surface area contributed by atoms with Crippen LogP contribution in [0.3, 0.4) is 0 Å². The van der Waals surface area contributed by atoms with Crippen molar-refractivity contribution in [2.45, 2.75) is 39.0 Å². The minimum absolute atomic E-state index is 0.683. The van der Waals surface area contributed by atoms with Gasteiger partial charge in [-0.2, -0.15) is 0 Å². The largest absolute Gasteiger partial charge is 0.0798 e. The van der Waals surface area contributed by atoms with E-state index >= 15 is 0 Å². The van der Waals surface area contributed by atoms with E-state index in [4.69, 9.17) is 0 Å². The van der Waals surface area contributed by atoms with Crippen LogP contribution in [0.1, 0.15) is 43.7 Å². The van der Waals surface area contributed by atoms with E-state index in [1.807, 2.05) is 0 Å². The minimum Gasteiger partial charge on any atom is -0.0798 e. The number of rotatable bonds is 0. The molecule has 1 aromatic carbocycles. The maximum atomic E-state index is 2.40. The van der Waals surface area contributed by atoms with Crippen LogP contribution in [0.25, 0.3) is 11.6 Å². The van der Waals surface area contributed by atoms with Gasteiger partial charge >= 0.3 is 0 Å². The van der Waals surface area contributed by atoms with Crippen molar-refractivity contribution in [1.29, 1.82) is 0 Å². The van der Waals surface area contributed by atoms with Gasteiger partial charge < -0.3 is 0 Å². The van der Waals surface area contributed by atoms with Gasteiger partial charge in [0.15, 0.2) is 0 Å². The summed E-state index contributed by atoms with van der Waals surface area (Å²) in [7, 11) is 0. The smallest absolute Gasteiger partial charge is 0.00302 e. The number of hydrogen-bond donors (Lipinski definition) is 0. The normalized spacial score (nSPS) is 23.5. The quantitative estimate of drug-likeness (QED) is 0.617. The van der Waals surface area contributed by atoms with Crippen LogP contribution in [0.15, 0.2) is 24.3 Å². The zero-order chi connectivity index (χ0) is 11.1. The molecule has 0 spiro atoms. The van der Waals surface area contributed by atoms with Crippen molar-refractivity contribution in [2.75, 3.05) is 0 Å². The van der Waals surface area contributed by atoms with Crippen molar-refractivity contribution in [3.63, 3.8) is 0 Å². The SMILES string of the molecule is C/C=c1/ccc2c3c1=C(C)C=CC3CCC2. The molecule has 2 aliphatic rings. The second-order valence-corrected chi connectivity index (χ2v) is 4.93. The number of aryl methyl sites for hydroxylation is 1. The van der Waals surface area contributed by atoms with Crippen molar-refractivity contribution in [2.24, 2.45) is 0 Å². The van der Waals surface area contributed by atoms with Gasteiger partial charge in [-0.05, 0) is 60.2 Å². The summed E-state index contributed by atoms with van der Waals surface area (Å²) in [5.41, 5.74) is 4.64. The first-order valence-corrected chi connectivity index (χ1v) is 6.28. The van der Waals surface area contributed by atoms with E-state index in [0.717, 1.165) is 0 Å². The van der Waals surface area contributed by atoms with Crippen molar-refractivity contribution in [1.82, 2.24) is 0 Å². The third-order valence-corrected chi connectivity index (χ3v) is 3.98. The van der Waals surface area contributed by atoms with Crippen LogP contribution < -0.4 is 10.4 Å². The molecule has 0 N–H and O–H groups in total. The van der Waals surface area contributed by atoms with Gasteiger partial charge in [0, 0.05) is 5.92 Å². The Kier molecular flexibility index (Phi) is 2.24. The molecule has 0 aromatic heterocycles. The molecule has 0 fully saturated rings. The second-order valence-electron chi connectivity index (χ2n) is 4.93. The number of hydrogen-bond acceptors (Lipinski definition) is 0. The fourth-order valence-electron chi connectivity index (χ4n) is 3.19. The monoisotopic (exact) mass is 210 g/mol. The maximum absolute atomic E-state index is 2.40. The lowest BCUT2D eigenvalue weighted by Gasteiger charge is -2.27. The third kappa shape index (κ3) is 1.29. The summed E-state index contributed by atoms with van der Waals surface area (Å²) in [4.78, 5) is 0. The molecule has 1 unspecified atom stereocenters. The summed E-state index contributed by atoms with van der Waals surface area (Å²) >= 11 is 0. The van der Waals surface area contributed by atoms with E-state index in [0.29, 0.717) is 5.92 Å². The molecular formula is C16H18. The van der Waals surface area contributed by atoms with E-state index in [-0.39, 0.29) is 0 Å². The molecule has 2 aliphatic carbocycles. The van der Waals surface area contributed by atoms with Gasteiger partial charge in [-0.1, -0.05) is 30.4 Å². The van der Waals surface area contributed by atoms with Gasteiger partial charge in [-0.25, -0.2) is 0 Å². The lowest BCUT2D eigenvalue weighted by Crippen LogP contribution is -2.35. The Morgan fingerprint density at radius 2 is 2.19 bits per heavy atom. The summed E-state index contributed by atoms with van der Waals surface area (Å²) in [6, 6.07) is 4.63. The average Bonchev–Trinajstić information content (AvgIpc) is 2.33. The van der Waals surface area contributed by atoms with Crippen LogP contribution in [0.2, 0.25) is 0 Å². The van der Waals surface area contributed by atoms with E-state index in [1.54, 1.807) is 11.1 Å². The molecular weight excluding hydrogens is 192 g/mol. The van der Waals surface area contributed by atoms with Gasteiger partial charge in [0.25, 0.3) is 0 Å². The van der Waals surface area contributed by atoms with Gasteiger partial charge in [0.2, 0.25) is 0 Å². The highest BCUT2D eigenvalue weighted by molar-refractivity contribution is 5.62. The van der Waals surface area contributed by atoms with E-state index in [9.17, 15) is 0 Å². The molecule has 0 saturated carbocycles. The van der Waals surface area contributed by atoms with Crippen LogP contribution in [0, 0.1) is 0 Å². The molecule has 16 heavy (non-hydrogen) atoms. The molecule has 0 nitrogen and oxygen atoms in total. The molecule has 1 atom stereocenters. The first kappa shape index (κ1) is 9.89. The summed E-state index contributed by atoms with van der Waals surface area (Å²) in [5.74, 6) is 0.683. The minimum atomic E-state index is 0.683. The van der Waals surface area contributed by atoms with Gasteiger partial charge in [0.05, 0.1) is 0 Å². The maximum Gasteiger partial charge on any atom is 0.00302 e. The highest BCUT2D eigenvalue weighted by Crippen LogP contribution is 2.32. The molecule has 0 heteroatoms. The molecule has 3 rings (SSSR count). The van der Waals surface area contributed by atoms with Crippen molar-refractivity contribution < 1.29 is 0 Å². The molecule has 0 heterocycles. The molecule has 0 saturated heterocycles. The summed E-state index contributed by atoms with van der Waals surface area (Å²) in [5, 5.41) is 2.93. The third-order valence-electron chi connectivity index (χ3n) is 3.98. The van der Waals surface area contributed by atoms with Crippen molar-refractivity contribution >= 4 is 11.6 Å². The fraction of sp³-hybridized carbons (Fsp3) is 0.375. The highest BCUT2D eigenvalue weighted by Gasteiger charge is 2.21. The predicted octanol–water partition coefficient (Wildman–Crippen LogP) is 2.65. The van der Waals surface area contributed by atoms with Gasteiger partial charge in [-0.3, -0.25) is 0 Å². The Hall–Kier alpha value is -1.30. The molecule has 0 radical (unpaired) electrons. The van der Waals surface area contributed by atoms with Crippen LogP contribution in [0.5, 0.6) is 0 Å². The van der Waals surface area contributed by atoms with E-state index in [2.05, 4.69) is 44.2 Å². The Labute approximate surface area is 97.0 Å². The Morgan fingerprint density at radius 1 is 1.31 bits per heavy atom. The Morgan fingerprint density at radius 3 is 3.00 bits per heavy atom. The van der Waals surface area contributed by atoms with Crippen molar-refractivity contribution in [3.8, 4) is 0 Å². The zero-order valence-electron chi connectivity index (χ0n) is 10.1. The number of allylic oxidation sites excluding steroid dienone is 2. The molecule has 0 aliphatic heterocycles. The number of benzene rings is 1. The zero-order valence-corrected chi connectivity index (χ0v) is 10.1. The first-order chi connectivity index (χ1) is 7.81. The summed E-state index contributed by atoms with van der Waals surface area (Å²) in [6.45, 7) is 4.38. The summed E-state index contributed by atoms with van der Waals surface area (Å²) in [6.07, 6.45) is 10.9. The first-order valence-electron chi connectivity index (χ1n) is 6.28. The molecule has 82 valence electrons. The van der Waals surface area contributed by atoms with Crippen LogP contribution >= 0.6 is 0 Å². The summed E-state index contributed by atoms with van der Waals surface area (Å²) < 4.78 is 0. The second kappa shape index (κ2) is 3.62. The van der Waals surface area contributed by atoms with Crippen molar-refractivity contribution in [3.05, 3.63) is 45.8 Å². The highest BCUT2D eigenvalue weighted by atomic mass is 14.3. The molecule has 0 amide bonds. The van der Waals surface area contributed by atoms with Gasteiger partial charge in [0.1, 0.15) is 0 Å². The Balaban J connectivity index is 2.49. The lowest BCUT2D eigenvalue weighted by molar-refractivity contribution is 0.622. The van der Waals surface area contributed by atoms with Gasteiger partial charge in [-0.15, -0.1) is 0 Å². The predicted molar refractivity (Wildman–Crippen MR) is 69.7 cm³/mol. The topological polar surface area (TPSA) is 0 Å². The molecule has 0 bridgehead atoms. The average molecular weight is 210 g/mol. The van der Waals surface area contributed by atoms with Crippen LogP contribution in [0.4, 0.5) is 0 Å². The van der Waals surface area contributed by atoms with Crippen LogP contribution in [-0.2, 0) is 6.42 Å². The lowest BCUT2D eigenvalue weighted by atomic mass is 9.78. The standard InChI is InChI=1S/C16H18/c1-3-12-9-10-14-6-4-5-13-8-7-11(2)15(12)16(13)14/h3,7-10,13H,4-6H2,1-2H3/b12-3-.